The van der Waals surface area contributed by atoms with E-state index in [1.54, 1.807) is 6.08 Å². The number of carbonyl (C=O) groups is 1. The first-order chi connectivity index (χ1) is 9.95. The van der Waals surface area contributed by atoms with E-state index in [4.69, 9.17) is 0 Å². The van der Waals surface area contributed by atoms with Crippen molar-refractivity contribution in [2.75, 3.05) is 5.75 Å². The Morgan fingerprint density at radius 2 is 2.05 bits per heavy atom. The molecule has 1 heterocycles. The maximum absolute atomic E-state index is 12.6. The fourth-order valence-corrected chi connectivity index (χ4v) is 4.97. The highest BCUT2D eigenvalue weighted by atomic mass is 32.2. The van der Waals surface area contributed by atoms with Crippen LogP contribution in [0.15, 0.2) is 47.7 Å². The fraction of sp³-hybridized carbons (Fsp3) is 0.438. The first kappa shape index (κ1) is 14.3. The van der Waals surface area contributed by atoms with Crippen molar-refractivity contribution >= 4 is 15.7 Å². The van der Waals surface area contributed by atoms with Gasteiger partial charge in [0, 0.05) is 5.70 Å². The molecule has 1 saturated heterocycles. The molecule has 1 N–H and O–H groups in total. The molecular formula is C16H19NO3S. The molecule has 112 valence electrons. The first-order valence-electron chi connectivity index (χ1n) is 7.23. The van der Waals surface area contributed by atoms with Crippen LogP contribution in [0, 0.1) is 11.8 Å². The number of allylic oxidation sites excluding steroid dienone is 6. The maximum atomic E-state index is 12.6. The minimum absolute atomic E-state index is 0.0344. The van der Waals surface area contributed by atoms with Gasteiger partial charge in [0.05, 0.1) is 17.4 Å². The predicted octanol–water partition coefficient (Wildman–Crippen LogP) is 1.88. The molecule has 0 aromatic rings. The number of nitrogens with one attached hydrogen (secondary N) is 1. The van der Waals surface area contributed by atoms with Gasteiger partial charge in [-0.2, -0.15) is 0 Å². The average Bonchev–Trinajstić information content (AvgIpc) is 2.80. The fourth-order valence-electron chi connectivity index (χ4n) is 3.01. The highest BCUT2D eigenvalue weighted by molar-refractivity contribution is 7.92. The van der Waals surface area contributed by atoms with Crippen LogP contribution >= 0.6 is 0 Å². The smallest absolute Gasteiger partial charge is 0.228 e. The van der Waals surface area contributed by atoms with E-state index < -0.39 is 15.1 Å². The van der Waals surface area contributed by atoms with Crippen molar-refractivity contribution in [3.63, 3.8) is 0 Å². The molecule has 1 amide bonds. The van der Waals surface area contributed by atoms with Crippen LogP contribution in [0.4, 0.5) is 0 Å². The lowest BCUT2D eigenvalue weighted by Gasteiger charge is -2.24. The number of hydrogen-bond donors (Lipinski definition) is 1. The molecular weight excluding hydrogens is 286 g/mol. The summed E-state index contributed by atoms with van der Waals surface area (Å²) in [5, 5.41) is 2.25. The summed E-state index contributed by atoms with van der Waals surface area (Å²) < 4.78 is 25.3. The van der Waals surface area contributed by atoms with Crippen LogP contribution < -0.4 is 5.32 Å². The molecule has 3 unspecified atom stereocenters. The first-order valence-corrected chi connectivity index (χ1v) is 8.95. The van der Waals surface area contributed by atoms with Gasteiger partial charge >= 0.3 is 0 Å². The molecule has 3 atom stereocenters. The topological polar surface area (TPSA) is 63.2 Å². The summed E-state index contributed by atoms with van der Waals surface area (Å²) in [7, 11) is -3.22. The Balaban J connectivity index is 1.76. The number of amides is 1. The van der Waals surface area contributed by atoms with Crippen molar-refractivity contribution in [3.05, 3.63) is 47.7 Å². The summed E-state index contributed by atoms with van der Waals surface area (Å²) >= 11 is 0. The molecule has 5 heteroatoms. The molecule has 0 aromatic carbocycles. The molecule has 2 aliphatic carbocycles. The molecule has 0 aromatic heterocycles. The van der Waals surface area contributed by atoms with E-state index in [2.05, 4.69) is 5.32 Å². The Kier molecular flexibility index (Phi) is 3.61. The second-order valence-electron chi connectivity index (χ2n) is 5.93. The second-order valence-corrected chi connectivity index (χ2v) is 8.20. The Morgan fingerprint density at radius 1 is 1.29 bits per heavy atom. The number of fused-ring (bicyclic) bond motifs is 1. The summed E-state index contributed by atoms with van der Waals surface area (Å²) in [6.45, 7) is 2.04. The van der Waals surface area contributed by atoms with E-state index >= 15 is 0 Å². The molecule has 0 saturated carbocycles. The van der Waals surface area contributed by atoms with E-state index in [1.807, 2.05) is 37.3 Å². The van der Waals surface area contributed by atoms with Gasteiger partial charge in [-0.1, -0.05) is 43.4 Å². The standard InChI is InChI=1S/C16H19NO3S/c1-11-4-2-3-5-12(11)10-21(19,20)14-6-7-15-13(8-14)9-16(18)17-15/h2-5,7-8,11-12,14H,6,9-10H2,1H3,(H,17,18). The molecule has 0 spiro atoms. The van der Waals surface area contributed by atoms with Crippen LogP contribution in [0.3, 0.4) is 0 Å². The van der Waals surface area contributed by atoms with Gasteiger partial charge in [0.15, 0.2) is 9.84 Å². The molecule has 3 aliphatic rings. The Morgan fingerprint density at radius 3 is 2.81 bits per heavy atom. The van der Waals surface area contributed by atoms with Crippen LogP contribution in [-0.2, 0) is 14.6 Å². The second kappa shape index (κ2) is 5.30. The lowest BCUT2D eigenvalue weighted by Crippen LogP contribution is -2.30. The van der Waals surface area contributed by atoms with Gasteiger partial charge in [0.1, 0.15) is 0 Å². The van der Waals surface area contributed by atoms with Gasteiger partial charge in [-0.15, -0.1) is 0 Å². The van der Waals surface area contributed by atoms with Crippen molar-refractivity contribution in [1.82, 2.24) is 5.32 Å². The van der Waals surface area contributed by atoms with Crippen molar-refractivity contribution < 1.29 is 13.2 Å². The lowest BCUT2D eigenvalue weighted by molar-refractivity contribution is -0.118. The van der Waals surface area contributed by atoms with Crippen molar-refractivity contribution in [1.29, 1.82) is 0 Å². The normalized spacial score (nSPS) is 31.5. The van der Waals surface area contributed by atoms with Gasteiger partial charge in [0.2, 0.25) is 5.91 Å². The number of hydrogen-bond acceptors (Lipinski definition) is 3. The van der Waals surface area contributed by atoms with Crippen LogP contribution in [0.2, 0.25) is 0 Å². The summed E-state index contributed by atoms with van der Waals surface area (Å²) in [6.07, 6.45) is 12.2. The van der Waals surface area contributed by atoms with E-state index in [9.17, 15) is 13.2 Å². The van der Waals surface area contributed by atoms with Gasteiger partial charge < -0.3 is 5.32 Å². The SMILES string of the molecule is CC1C=CC=CC1CS(=O)(=O)C1C=C2CC(=O)NC2=CC1. The molecule has 21 heavy (non-hydrogen) atoms. The molecule has 1 aliphatic heterocycles. The quantitative estimate of drug-likeness (QED) is 0.866. The number of sulfone groups is 1. The molecule has 4 nitrogen and oxygen atoms in total. The maximum Gasteiger partial charge on any atom is 0.228 e. The van der Waals surface area contributed by atoms with E-state index in [1.165, 1.54) is 0 Å². The van der Waals surface area contributed by atoms with Crippen LogP contribution in [-0.4, -0.2) is 25.3 Å². The Bertz CT molecular complexity index is 682. The largest absolute Gasteiger partial charge is 0.326 e. The van der Waals surface area contributed by atoms with Gasteiger partial charge in [-0.3, -0.25) is 4.79 Å². The molecule has 1 fully saturated rings. The van der Waals surface area contributed by atoms with Gasteiger partial charge in [0.25, 0.3) is 0 Å². The summed E-state index contributed by atoms with van der Waals surface area (Å²) in [5.74, 6) is 0.377. The summed E-state index contributed by atoms with van der Waals surface area (Å²) in [4.78, 5) is 11.4. The minimum Gasteiger partial charge on any atom is -0.326 e. The zero-order chi connectivity index (χ0) is 15.0. The minimum atomic E-state index is -3.22. The molecule has 0 radical (unpaired) electrons. The monoisotopic (exact) mass is 305 g/mol. The highest BCUT2D eigenvalue weighted by Gasteiger charge is 2.33. The summed E-state index contributed by atoms with van der Waals surface area (Å²) in [5.41, 5.74) is 1.62. The van der Waals surface area contributed by atoms with Crippen molar-refractivity contribution in [3.8, 4) is 0 Å². The van der Waals surface area contributed by atoms with E-state index in [0.717, 1.165) is 11.3 Å². The zero-order valence-electron chi connectivity index (χ0n) is 12.0. The van der Waals surface area contributed by atoms with E-state index in [-0.39, 0.29) is 23.5 Å². The Labute approximate surface area is 125 Å². The highest BCUT2D eigenvalue weighted by Crippen LogP contribution is 2.30. The molecule has 0 bridgehead atoms. The van der Waals surface area contributed by atoms with Crippen LogP contribution in [0.1, 0.15) is 19.8 Å². The summed E-state index contributed by atoms with van der Waals surface area (Å²) in [6, 6.07) is 0. The third kappa shape index (κ3) is 2.88. The Hall–Kier alpha value is -1.62. The lowest BCUT2D eigenvalue weighted by atomic mass is 9.92. The third-order valence-corrected chi connectivity index (χ3v) is 6.46. The van der Waals surface area contributed by atoms with Gasteiger partial charge in [-0.25, -0.2) is 8.42 Å². The number of carbonyl (C=O) groups excluding carboxylic acids is 1. The van der Waals surface area contributed by atoms with Crippen LogP contribution in [0.25, 0.3) is 0 Å². The third-order valence-electron chi connectivity index (χ3n) is 4.36. The van der Waals surface area contributed by atoms with Crippen molar-refractivity contribution in [2.45, 2.75) is 25.0 Å². The van der Waals surface area contributed by atoms with Crippen molar-refractivity contribution in [2.24, 2.45) is 11.8 Å². The average molecular weight is 305 g/mol. The molecule has 3 rings (SSSR count). The zero-order valence-corrected chi connectivity index (χ0v) is 12.8. The van der Waals surface area contributed by atoms with E-state index in [0.29, 0.717) is 12.8 Å². The van der Waals surface area contributed by atoms with Crippen LogP contribution in [0.5, 0.6) is 0 Å². The predicted molar refractivity (Wildman–Crippen MR) is 82.1 cm³/mol. The van der Waals surface area contributed by atoms with Gasteiger partial charge in [-0.05, 0) is 23.8 Å². The number of rotatable bonds is 3.